The van der Waals surface area contributed by atoms with Crippen LogP contribution in [0.5, 0.6) is 0 Å². The van der Waals surface area contributed by atoms with E-state index in [4.69, 9.17) is 9.52 Å². The monoisotopic (exact) mass is 313 g/mol. The van der Waals surface area contributed by atoms with Gasteiger partial charge in [0, 0.05) is 6.26 Å². The van der Waals surface area contributed by atoms with Gasteiger partial charge in [-0.1, -0.05) is 0 Å². The molecule has 8 heteroatoms. The zero-order chi connectivity index (χ0) is 15.6. The number of hydrogen-bond donors (Lipinski definition) is 2. The maximum Gasteiger partial charge on any atom is 0.371 e. The molecule has 0 atom stereocenters. The van der Waals surface area contributed by atoms with Crippen LogP contribution < -0.4 is 5.32 Å². The summed E-state index contributed by atoms with van der Waals surface area (Å²) in [4.78, 5) is 10.6. The smallest absolute Gasteiger partial charge is 0.371 e. The van der Waals surface area contributed by atoms with Gasteiger partial charge in [0.15, 0.2) is 9.84 Å². The molecule has 0 spiro atoms. The van der Waals surface area contributed by atoms with Crippen LogP contribution in [0.15, 0.2) is 39.6 Å². The molecule has 2 N–H and O–H groups in total. The molecule has 0 unspecified atom stereocenters. The second-order valence-electron chi connectivity index (χ2n) is 4.34. The first-order valence-corrected chi connectivity index (χ1v) is 7.72. The number of benzene rings is 1. The number of carbonyl (C=O) groups is 1. The van der Waals surface area contributed by atoms with E-state index < -0.39 is 21.6 Å². The van der Waals surface area contributed by atoms with Gasteiger partial charge in [0.05, 0.1) is 17.1 Å². The Morgan fingerprint density at radius 2 is 2.05 bits per heavy atom. The van der Waals surface area contributed by atoms with E-state index in [1.807, 2.05) is 0 Å². The van der Waals surface area contributed by atoms with Crippen LogP contribution in [0.25, 0.3) is 0 Å². The minimum Gasteiger partial charge on any atom is -0.475 e. The third-order valence-corrected chi connectivity index (χ3v) is 3.80. The number of rotatable bonds is 5. The average molecular weight is 313 g/mol. The highest BCUT2D eigenvalue weighted by Gasteiger charge is 2.12. The summed E-state index contributed by atoms with van der Waals surface area (Å²) in [6.45, 7) is 0.0252. The largest absolute Gasteiger partial charge is 0.475 e. The Balaban J connectivity index is 2.17. The summed E-state index contributed by atoms with van der Waals surface area (Å²) in [7, 11) is -3.44. The van der Waals surface area contributed by atoms with Gasteiger partial charge in [-0.15, -0.1) is 0 Å². The summed E-state index contributed by atoms with van der Waals surface area (Å²) >= 11 is 0. The summed E-state index contributed by atoms with van der Waals surface area (Å²) in [5.74, 6) is -1.76. The lowest BCUT2D eigenvalue weighted by atomic mass is 10.3. The fraction of sp³-hybridized carbons (Fsp3) is 0.154. The maximum atomic E-state index is 13.6. The van der Waals surface area contributed by atoms with E-state index in [1.165, 1.54) is 24.3 Å². The third kappa shape index (κ3) is 3.60. The zero-order valence-electron chi connectivity index (χ0n) is 11.0. The van der Waals surface area contributed by atoms with Gasteiger partial charge >= 0.3 is 5.97 Å². The van der Waals surface area contributed by atoms with E-state index in [-0.39, 0.29) is 28.6 Å². The molecule has 2 rings (SSSR count). The van der Waals surface area contributed by atoms with Crippen LogP contribution in [-0.4, -0.2) is 25.7 Å². The molecule has 0 aliphatic heterocycles. The second kappa shape index (κ2) is 5.57. The molecule has 0 aliphatic rings. The summed E-state index contributed by atoms with van der Waals surface area (Å²) < 4.78 is 41.4. The molecule has 1 aromatic carbocycles. The molecule has 0 bridgehead atoms. The summed E-state index contributed by atoms with van der Waals surface area (Å²) in [6, 6.07) is 6.11. The van der Waals surface area contributed by atoms with Crippen LogP contribution in [-0.2, 0) is 16.4 Å². The Hall–Kier alpha value is -2.35. The maximum absolute atomic E-state index is 13.6. The Bertz CT molecular complexity index is 782. The van der Waals surface area contributed by atoms with E-state index in [0.717, 1.165) is 12.3 Å². The molecule has 0 saturated heterocycles. The lowest BCUT2D eigenvalue weighted by molar-refractivity contribution is 0.0660. The van der Waals surface area contributed by atoms with Gasteiger partial charge in [-0.25, -0.2) is 17.6 Å². The highest BCUT2D eigenvalue weighted by atomic mass is 32.2. The van der Waals surface area contributed by atoms with Crippen LogP contribution in [0.3, 0.4) is 0 Å². The molecule has 0 fully saturated rings. The molecule has 21 heavy (non-hydrogen) atoms. The van der Waals surface area contributed by atoms with Gasteiger partial charge in [0.1, 0.15) is 11.6 Å². The standard InChI is InChI=1S/C13H12FNO5S/c1-21(18,19)9-3-4-10(14)11(6-9)15-7-8-2-5-12(20-8)13(16)17/h2-6,15H,7H2,1H3,(H,16,17). The van der Waals surface area contributed by atoms with Crippen LogP contribution in [0, 0.1) is 5.82 Å². The minimum atomic E-state index is -3.44. The van der Waals surface area contributed by atoms with Crippen molar-refractivity contribution in [2.75, 3.05) is 11.6 Å². The van der Waals surface area contributed by atoms with Crippen molar-refractivity contribution < 1.29 is 27.1 Å². The lowest BCUT2D eigenvalue weighted by Gasteiger charge is -2.07. The van der Waals surface area contributed by atoms with Gasteiger partial charge in [0.2, 0.25) is 5.76 Å². The van der Waals surface area contributed by atoms with Gasteiger partial charge in [0.25, 0.3) is 0 Å². The minimum absolute atomic E-state index is 0.00815. The topological polar surface area (TPSA) is 96.6 Å². The number of halogens is 1. The molecule has 0 radical (unpaired) electrons. The Morgan fingerprint density at radius 1 is 1.33 bits per heavy atom. The molecule has 0 amide bonds. The fourth-order valence-corrected chi connectivity index (χ4v) is 2.29. The number of nitrogens with one attached hydrogen (secondary N) is 1. The number of furan rings is 1. The number of sulfone groups is 1. The molecule has 6 nitrogen and oxygen atoms in total. The Kier molecular flexibility index (Phi) is 3.99. The Labute approximate surface area is 120 Å². The molecule has 2 aromatic rings. The van der Waals surface area contributed by atoms with Gasteiger partial charge in [-0.3, -0.25) is 0 Å². The fourth-order valence-electron chi connectivity index (χ4n) is 1.64. The van der Waals surface area contributed by atoms with E-state index in [0.29, 0.717) is 0 Å². The number of carboxylic acids is 1. The highest BCUT2D eigenvalue weighted by molar-refractivity contribution is 7.90. The third-order valence-electron chi connectivity index (χ3n) is 2.69. The van der Waals surface area contributed by atoms with Crippen molar-refractivity contribution in [2.24, 2.45) is 0 Å². The van der Waals surface area contributed by atoms with Crippen LogP contribution >= 0.6 is 0 Å². The average Bonchev–Trinajstić information content (AvgIpc) is 2.85. The predicted octanol–water partition coefficient (Wildman–Crippen LogP) is 2.13. The normalized spacial score (nSPS) is 11.3. The number of aromatic carboxylic acids is 1. The molecule has 1 heterocycles. The van der Waals surface area contributed by atoms with Gasteiger partial charge < -0.3 is 14.8 Å². The second-order valence-corrected chi connectivity index (χ2v) is 6.35. The summed E-state index contributed by atoms with van der Waals surface area (Å²) in [5, 5.41) is 11.4. The van der Waals surface area contributed by atoms with Crippen molar-refractivity contribution >= 4 is 21.5 Å². The SMILES string of the molecule is CS(=O)(=O)c1ccc(F)c(NCc2ccc(C(=O)O)o2)c1. The summed E-state index contributed by atoms with van der Waals surface area (Å²) in [6.07, 6.45) is 1.02. The van der Waals surface area contributed by atoms with E-state index in [2.05, 4.69) is 5.32 Å². The number of hydrogen-bond acceptors (Lipinski definition) is 5. The first-order valence-electron chi connectivity index (χ1n) is 5.83. The Morgan fingerprint density at radius 3 is 2.62 bits per heavy atom. The van der Waals surface area contributed by atoms with Crippen LogP contribution in [0.1, 0.15) is 16.3 Å². The molecule has 0 saturated carbocycles. The quantitative estimate of drug-likeness (QED) is 0.821. The number of carboxylic acid groups (broad SMARTS) is 1. The molecule has 1 aromatic heterocycles. The van der Waals surface area contributed by atoms with Crippen LogP contribution in [0.2, 0.25) is 0 Å². The lowest BCUT2D eigenvalue weighted by Crippen LogP contribution is -2.04. The first kappa shape index (κ1) is 15.0. The molecular weight excluding hydrogens is 301 g/mol. The summed E-state index contributed by atoms with van der Waals surface area (Å²) in [5.41, 5.74) is -0.00815. The molecule has 0 aliphatic carbocycles. The van der Waals surface area contributed by atoms with Crippen molar-refractivity contribution in [2.45, 2.75) is 11.4 Å². The van der Waals surface area contributed by atoms with Crippen molar-refractivity contribution in [3.05, 3.63) is 47.7 Å². The van der Waals surface area contributed by atoms with E-state index in [9.17, 15) is 17.6 Å². The first-order chi connectivity index (χ1) is 9.77. The van der Waals surface area contributed by atoms with Gasteiger partial charge in [-0.05, 0) is 30.3 Å². The van der Waals surface area contributed by atoms with Crippen LogP contribution in [0.4, 0.5) is 10.1 Å². The van der Waals surface area contributed by atoms with Gasteiger partial charge in [-0.2, -0.15) is 0 Å². The predicted molar refractivity (Wildman–Crippen MR) is 72.5 cm³/mol. The van der Waals surface area contributed by atoms with E-state index in [1.54, 1.807) is 0 Å². The molecular formula is C13H12FNO5S. The number of anilines is 1. The highest BCUT2D eigenvalue weighted by Crippen LogP contribution is 2.20. The van der Waals surface area contributed by atoms with Crippen molar-refractivity contribution in [3.8, 4) is 0 Å². The van der Waals surface area contributed by atoms with Crippen molar-refractivity contribution in [1.82, 2.24) is 0 Å². The van der Waals surface area contributed by atoms with Crippen molar-refractivity contribution in [1.29, 1.82) is 0 Å². The zero-order valence-corrected chi connectivity index (χ0v) is 11.8. The molecule has 112 valence electrons. The van der Waals surface area contributed by atoms with E-state index >= 15 is 0 Å². The van der Waals surface area contributed by atoms with Crippen molar-refractivity contribution in [3.63, 3.8) is 0 Å².